The predicted molar refractivity (Wildman–Crippen MR) is 74.6 cm³/mol. The summed E-state index contributed by atoms with van der Waals surface area (Å²) in [5, 5.41) is 0. The van der Waals surface area contributed by atoms with Gasteiger partial charge in [-0.05, 0) is 18.8 Å². The monoisotopic (exact) mass is 267 g/mol. The highest BCUT2D eigenvalue weighted by Crippen LogP contribution is 2.30. The third kappa shape index (κ3) is 5.05. The maximum absolute atomic E-state index is 12.0. The molecular weight excluding hydrogens is 242 g/mol. The summed E-state index contributed by atoms with van der Waals surface area (Å²) in [6.07, 6.45) is 3.50. The van der Waals surface area contributed by atoms with Crippen molar-refractivity contribution < 1.29 is 14.3 Å². The number of amides is 1. The highest BCUT2D eigenvalue weighted by Gasteiger charge is 2.23. The second-order valence-electron chi connectivity index (χ2n) is 5.87. The Morgan fingerprint density at radius 2 is 2.00 bits per heavy atom. The first kappa shape index (κ1) is 15.7. The van der Waals surface area contributed by atoms with Crippen LogP contribution in [0.1, 0.15) is 47.0 Å². The van der Waals surface area contributed by atoms with Crippen LogP contribution in [0.3, 0.4) is 0 Å². The van der Waals surface area contributed by atoms with Crippen molar-refractivity contribution in [2.75, 3.05) is 19.7 Å². The van der Waals surface area contributed by atoms with Crippen molar-refractivity contribution in [2.24, 2.45) is 5.41 Å². The van der Waals surface area contributed by atoms with Gasteiger partial charge in [0.25, 0.3) is 0 Å². The topological polar surface area (TPSA) is 46.6 Å². The Morgan fingerprint density at radius 1 is 1.32 bits per heavy atom. The normalized spacial score (nSPS) is 16.0. The molecule has 19 heavy (non-hydrogen) atoms. The Morgan fingerprint density at radius 3 is 2.47 bits per heavy atom. The molecule has 0 saturated carbocycles. The summed E-state index contributed by atoms with van der Waals surface area (Å²) in [5.41, 5.74) is 1.59. The fraction of sp³-hybridized carbons (Fsp3) is 0.733. The number of rotatable bonds is 4. The number of hydrogen-bond donors (Lipinski definition) is 0. The number of esters is 1. The van der Waals surface area contributed by atoms with E-state index in [-0.39, 0.29) is 30.1 Å². The van der Waals surface area contributed by atoms with E-state index in [9.17, 15) is 9.59 Å². The lowest BCUT2D eigenvalue weighted by atomic mass is 9.83. The van der Waals surface area contributed by atoms with E-state index in [2.05, 4.69) is 26.8 Å². The van der Waals surface area contributed by atoms with Crippen LogP contribution in [0, 0.1) is 5.41 Å². The lowest BCUT2D eigenvalue weighted by Crippen LogP contribution is -2.36. The van der Waals surface area contributed by atoms with Gasteiger partial charge in [-0.25, -0.2) is 0 Å². The Kier molecular flexibility index (Phi) is 5.58. The number of carbonyl (C=O) groups excluding carboxylic acids is 2. The summed E-state index contributed by atoms with van der Waals surface area (Å²) in [5.74, 6) is -0.254. The fourth-order valence-electron chi connectivity index (χ4n) is 2.18. The first-order chi connectivity index (χ1) is 8.84. The summed E-state index contributed by atoms with van der Waals surface area (Å²) in [6, 6.07) is 0. The van der Waals surface area contributed by atoms with Crippen molar-refractivity contribution in [3.63, 3.8) is 0 Å². The van der Waals surface area contributed by atoms with Crippen LogP contribution >= 0.6 is 0 Å². The molecule has 0 atom stereocenters. The first-order valence-corrected chi connectivity index (χ1v) is 6.97. The molecule has 108 valence electrons. The second-order valence-corrected chi connectivity index (χ2v) is 5.87. The van der Waals surface area contributed by atoms with E-state index in [4.69, 9.17) is 4.74 Å². The smallest absolute Gasteiger partial charge is 0.306 e. The maximum Gasteiger partial charge on any atom is 0.306 e. The molecule has 0 saturated heterocycles. The summed E-state index contributed by atoms with van der Waals surface area (Å²) >= 11 is 0. The van der Waals surface area contributed by atoms with Crippen molar-refractivity contribution in [1.29, 1.82) is 0 Å². The third-order valence-corrected chi connectivity index (χ3v) is 3.37. The molecule has 0 unspecified atom stereocenters. The molecular formula is C15H25NO3. The number of ether oxygens (including phenoxy) is 1. The van der Waals surface area contributed by atoms with E-state index in [0.717, 1.165) is 13.0 Å². The van der Waals surface area contributed by atoms with Crippen molar-refractivity contribution in [2.45, 2.75) is 47.0 Å². The lowest BCUT2D eigenvalue weighted by molar-refractivity contribution is -0.145. The highest BCUT2D eigenvalue weighted by atomic mass is 16.5. The van der Waals surface area contributed by atoms with Gasteiger partial charge in [-0.15, -0.1) is 0 Å². The van der Waals surface area contributed by atoms with Crippen LogP contribution in [0.15, 0.2) is 11.6 Å². The van der Waals surface area contributed by atoms with Crippen molar-refractivity contribution >= 4 is 11.9 Å². The zero-order valence-electron chi connectivity index (χ0n) is 12.5. The quantitative estimate of drug-likeness (QED) is 0.581. The Bertz CT molecular complexity index is 366. The maximum atomic E-state index is 12.0. The van der Waals surface area contributed by atoms with Gasteiger partial charge in [-0.1, -0.05) is 32.4 Å². The molecule has 0 spiro atoms. The minimum absolute atomic E-state index is 0.0391. The Hall–Kier alpha value is -1.32. The SMILES string of the molecule is CCOC(=O)CCC(=O)N1CC=C(C(C)(C)C)CC1. The van der Waals surface area contributed by atoms with E-state index < -0.39 is 0 Å². The van der Waals surface area contributed by atoms with Crippen LogP contribution < -0.4 is 0 Å². The molecule has 0 fully saturated rings. The first-order valence-electron chi connectivity index (χ1n) is 6.97. The van der Waals surface area contributed by atoms with Crippen LogP contribution in [-0.4, -0.2) is 36.5 Å². The predicted octanol–water partition coefficient (Wildman–Crippen LogP) is 2.53. The van der Waals surface area contributed by atoms with Gasteiger partial charge in [0.1, 0.15) is 0 Å². The molecule has 0 radical (unpaired) electrons. The average Bonchev–Trinajstić information content (AvgIpc) is 2.35. The van der Waals surface area contributed by atoms with E-state index in [1.54, 1.807) is 6.92 Å². The lowest BCUT2D eigenvalue weighted by Gasteiger charge is -2.32. The average molecular weight is 267 g/mol. The minimum Gasteiger partial charge on any atom is -0.466 e. The molecule has 0 bridgehead atoms. The van der Waals surface area contributed by atoms with Gasteiger partial charge in [-0.2, -0.15) is 0 Å². The molecule has 4 heteroatoms. The number of carbonyl (C=O) groups is 2. The van der Waals surface area contributed by atoms with Crippen molar-refractivity contribution in [1.82, 2.24) is 4.90 Å². The van der Waals surface area contributed by atoms with E-state index in [1.807, 2.05) is 4.90 Å². The Labute approximate surface area is 115 Å². The summed E-state index contributed by atoms with van der Waals surface area (Å²) in [4.78, 5) is 25.0. The van der Waals surface area contributed by atoms with Gasteiger partial charge in [0, 0.05) is 19.5 Å². The molecule has 4 nitrogen and oxygen atoms in total. The largest absolute Gasteiger partial charge is 0.466 e. The highest BCUT2D eigenvalue weighted by molar-refractivity contribution is 5.81. The fourth-order valence-corrected chi connectivity index (χ4v) is 2.18. The molecule has 0 N–H and O–H groups in total. The molecule has 1 rings (SSSR count). The third-order valence-electron chi connectivity index (χ3n) is 3.37. The van der Waals surface area contributed by atoms with Crippen molar-refractivity contribution in [3.05, 3.63) is 11.6 Å². The molecule has 1 heterocycles. The molecule has 0 aromatic carbocycles. The van der Waals surface area contributed by atoms with E-state index in [0.29, 0.717) is 13.2 Å². The van der Waals surface area contributed by atoms with Crippen molar-refractivity contribution in [3.8, 4) is 0 Å². The molecule has 0 aromatic heterocycles. The molecule has 1 amide bonds. The van der Waals surface area contributed by atoms with Gasteiger partial charge in [0.05, 0.1) is 13.0 Å². The minimum atomic E-state index is -0.293. The van der Waals surface area contributed by atoms with Crippen LogP contribution in [-0.2, 0) is 14.3 Å². The van der Waals surface area contributed by atoms with Crippen LogP contribution in [0.4, 0.5) is 0 Å². The zero-order chi connectivity index (χ0) is 14.5. The summed E-state index contributed by atoms with van der Waals surface area (Å²) in [6.45, 7) is 10.1. The molecule has 1 aliphatic rings. The van der Waals surface area contributed by atoms with Crippen LogP contribution in [0.2, 0.25) is 0 Å². The van der Waals surface area contributed by atoms with E-state index in [1.165, 1.54) is 5.57 Å². The molecule has 1 aliphatic heterocycles. The van der Waals surface area contributed by atoms with Gasteiger partial charge >= 0.3 is 5.97 Å². The number of nitrogens with zero attached hydrogens (tertiary/aromatic N) is 1. The van der Waals surface area contributed by atoms with Gasteiger partial charge < -0.3 is 9.64 Å². The van der Waals surface area contributed by atoms with Gasteiger partial charge in [0.15, 0.2) is 0 Å². The molecule has 0 aliphatic carbocycles. The van der Waals surface area contributed by atoms with E-state index >= 15 is 0 Å². The zero-order valence-corrected chi connectivity index (χ0v) is 12.5. The molecule has 0 aromatic rings. The second kappa shape index (κ2) is 6.73. The van der Waals surface area contributed by atoms with Crippen LogP contribution in [0.25, 0.3) is 0 Å². The summed E-state index contributed by atoms with van der Waals surface area (Å²) < 4.78 is 4.82. The summed E-state index contributed by atoms with van der Waals surface area (Å²) in [7, 11) is 0. The standard InChI is InChI=1S/C15H25NO3/c1-5-19-14(18)7-6-13(17)16-10-8-12(9-11-16)15(2,3)4/h8H,5-7,9-11H2,1-4H3. The van der Waals surface area contributed by atoms with Gasteiger partial charge in [-0.3, -0.25) is 9.59 Å². The number of hydrogen-bond acceptors (Lipinski definition) is 3. The van der Waals surface area contributed by atoms with Crippen LogP contribution in [0.5, 0.6) is 0 Å². The van der Waals surface area contributed by atoms with Gasteiger partial charge in [0.2, 0.25) is 5.91 Å². The Balaban J connectivity index is 2.41.